The lowest BCUT2D eigenvalue weighted by atomic mass is 10.1. The molecular weight excluding hydrogens is 215 g/mol. The fraction of sp³-hybridized carbons (Fsp3) is 0.500. The molecule has 1 fully saturated rings. The van der Waals surface area contributed by atoms with Gasteiger partial charge in [-0.25, -0.2) is 0 Å². The van der Waals surface area contributed by atoms with Crippen molar-refractivity contribution < 1.29 is 0 Å². The van der Waals surface area contributed by atoms with Crippen LogP contribution in [-0.4, -0.2) is 5.38 Å². The van der Waals surface area contributed by atoms with E-state index in [1.54, 1.807) is 0 Å². The zero-order chi connectivity index (χ0) is 9.97. The topological polar surface area (TPSA) is 0 Å². The minimum Gasteiger partial charge on any atom is -0.123 e. The monoisotopic (exact) mass is 228 g/mol. The summed E-state index contributed by atoms with van der Waals surface area (Å²) in [7, 11) is 0. The lowest BCUT2D eigenvalue weighted by Crippen LogP contribution is -2.04. The molecule has 0 aromatic heterocycles. The largest absolute Gasteiger partial charge is 0.123 e. The number of hydrogen-bond acceptors (Lipinski definition) is 0. The number of halogens is 2. The van der Waals surface area contributed by atoms with Crippen LogP contribution in [0, 0.1) is 5.92 Å². The Morgan fingerprint density at radius 2 is 1.86 bits per heavy atom. The molecule has 2 rings (SSSR count). The molecule has 1 aromatic carbocycles. The first-order chi connectivity index (χ1) is 6.74. The van der Waals surface area contributed by atoms with Crippen LogP contribution in [0.5, 0.6) is 0 Å². The maximum absolute atomic E-state index is 6.26. The molecule has 0 radical (unpaired) electrons. The van der Waals surface area contributed by atoms with Gasteiger partial charge in [-0.1, -0.05) is 36.6 Å². The first-order valence-corrected chi connectivity index (χ1v) is 5.94. The Morgan fingerprint density at radius 3 is 2.43 bits per heavy atom. The van der Waals surface area contributed by atoms with Crippen LogP contribution >= 0.6 is 23.2 Å². The summed E-state index contributed by atoms with van der Waals surface area (Å²) in [6.07, 6.45) is 4.90. The van der Waals surface area contributed by atoms with Crippen molar-refractivity contribution in [1.82, 2.24) is 0 Å². The third-order valence-electron chi connectivity index (χ3n) is 2.66. The van der Waals surface area contributed by atoms with E-state index in [0.29, 0.717) is 5.38 Å². The van der Waals surface area contributed by atoms with Gasteiger partial charge >= 0.3 is 0 Å². The lowest BCUT2D eigenvalue weighted by Gasteiger charge is -2.08. The Bertz CT molecular complexity index is 288. The van der Waals surface area contributed by atoms with Gasteiger partial charge in [0.1, 0.15) is 0 Å². The first-order valence-electron chi connectivity index (χ1n) is 5.12. The fourth-order valence-electron chi connectivity index (χ4n) is 1.67. The van der Waals surface area contributed by atoms with Crippen molar-refractivity contribution in [3.05, 3.63) is 34.9 Å². The zero-order valence-electron chi connectivity index (χ0n) is 8.05. The van der Waals surface area contributed by atoms with Gasteiger partial charge in [0.05, 0.1) is 0 Å². The summed E-state index contributed by atoms with van der Waals surface area (Å²) in [4.78, 5) is 0. The molecule has 1 aromatic rings. The number of alkyl halides is 1. The minimum atomic E-state index is 0.295. The van der Waals surface area contributed by atoms with E-state index < -0.39 is 0 Å². The molecule has 1 saturated carbocycles. The quantitative estimate of drug-likeness (QED) is 0.675. The van der Waals surface area contributed by atoms with Crippen LogP contribution in [0.25, 0.3) is 0 Å². The zero-order valence-corrected chi connectivity index (χ0v) is 9.56. The molecule has 0 bridgehead atoms. The second kappa shape index (κ2) is 4.55. The molecule has 1 aliphatic carbocycles. The second-order valence-electron chi connectivity index (χ2n) is 4.11. The molecule has 0 aliphatic heterocycles. The lowest BCUT2D eigenvalue weighted by molar-refractivity contribution is 0.674. The van der Waals surface area contributed by atoms with Crippen LogP contribution in [0.4, 0.5) is 0 Å². The molecule has 0 N–H and O–H groups in total. The van der Waals surface area contributed by atoms with Gasteiger partial charge in [-0.3, -0.25) is 0 Å². The summed E-state index contributed by atoms with van der Waals surface area (Å²) >= 11 is 12.1. The van der Waals surface area contributed by atoms with E-state index in [1.165, 1.54) is 24.8 Å². The summed E-state index contributed by atoms with van der Waals surface area (Å²) < 4.78 is 0. The molecule has 0 nitrogen and oxygen atoms in total. The fourth-order valence-corrected chi connectivity index (χ4v) is 2.23. The van der Waals surface area contributed by atoms with Crippen molar-refractivity contribution in [2.24, 2.45) is 5.92 Å². The second-order valence-corrected chi connectivity index (χ2v) is 5.16. The third kappa shape index (κ3) is 3.18. The van der Waals surface area contributed by atoms with Crippen LogP contribution in [0.2, 0.25) is 5.02 Å². The molecule has 1 atom stereocenters. The summed E-state index contributed by atoms with van der Waals surface area (Å²) in [6, 6.07) is 7.98. The van der Waals surface area contributed by atoms with Crippen LogP contribution in [0.3, 0.4) is 0 Å². The first kappa shape index (κ1) is 10.3. The molecule has 0 saturated heterocycles. The van der Waals surface area contributed by atoms with Crippen molar-refractivity contribution in [2.45, 2.75) is 31.1 Å². The molecule has 76 valence electrons. The van der Waals surface area contributed by atoms with Gasteiger partial charge in [0.25, 0.3) is 0 Å². The average molecular weight is 229 g/mol. The molecule has 0 heterocycles. The van der Waals surface area contributed by atoms with Gasteiger partial charge in [-0.2, -0.15) is 0 Å². The van der Waals surface area contributed by atoms with Gasteiger partial charge in [-0.05, 0) is 36.5 Å². The van der Waals surface area contributed by atoms with E-state index in [0.717, 1.165) is 17.4 Å². The van der Waals surface area contributed by atoms with Crippen LogP contribution in [0.1, 0.15) is 24.8 Å². The summed E-state index contributed by atoms with van der Waals surface area (Å²) in [5.74, 6) is 0.907. The van der Waals surface area contributed by atoms with E-state index in [1.807, 2.05) is 12.1 Å². The smallest absolute Gasteiger partial charge is 0.0406 e. The molecule has 14 heavy (non-hydrogen) atoms. The van der Waals surface area contributed by atoms with Gasteiger partial charge in [0, 0.05) is 10.4 Å². The van der Waals surface area contributed by atoms with Gasteiger partial charge in [-0.15, -0.1) is 11.6 Å². The highest BCUT2D eigenvalue weighted by atomic mass is 35.5. The van der Waals surface area contributed by atoms with Gasteiger partial charge in [0.2, 0.25) is 0 Å². The Balaban J connectivity index is 1.85. The van der Waals surface area contributed by atoms with Crippen molar-refractivity contribution in [1.29, 1.82) is 0 Å². The highest BCUT2D eigenvalue weighted by molar-refractivity contribution is 6.30. The molecule has 0 spiro atoms. The molecule has 1 unspecified atom stereocenters. The molecule has 1 aliphatic rings. The predicted molar refractivity (Wildman–Crippen MR) is 62.1 cm³/mol. The van der Waals surface area contributed by atoms with Crippen molar-refractivity contribution >= 4 is 23.2 Å². The standard InChI is InChI=1S/C12H14Cl2/c13-11-5-3-10(4-6-11)8-12(14)7-9-1-2-9/h3-6,9,12H,1-2,7-8H2. The highest BCUT2D eigenvalue weighted by Gasteiger charge is 2.24. The van der Waals surface area contributed by atoms with Crippen LogP contribution in [-0.2, 0) is 6.42 Å². The van der Waals surface area contributed by atoms with Gasteiger partial charge < -0.3 is 0 Å². The summed E-state index contributed by atoms with van der Waals surface area (Å²) in [5.41, 5.74) is 1.29. The molecular formula is C12H14Cl2. The van der Waals surface area contributed by atoms with Crippen molar-refractivity contribution in [3.8, 4) is 0 Å². The van der Waals surface area contributed by atoms with Crippen molar-refractivity contribution in [3.63, 3.8) is 0 Å². The van der Waals surface area contributed by atoms with E-state index in [-0.39, 0.29) is 0 Å². The average Bonchev–Trinajstić information content (AvgIpc) is 2.93. The van der Waals surface area contributed by atoms with E-state index in [4.69, 9.17) is 23.2 Å². The maximum Gasteiger partial charge on any atom is 0.0406 e. The number of rotatable bonds is 4. The Hall–Kier alpha value is -0.200. The van der Waals surface area contributed by atoms with Crippen molar-refractivity contribution in [2.75, 3.05) is 0 Å². The third-order valence-corrected chi connectivity index (χ3v) is 3.24. The number of hydrogen-bond donors (Lipinski definition) is 0. The SMILES string of the molecule is Clc1ccc(CC(Cl)CC2CC2)cc1. The number of benzene rings is 1. The summed E-state index contributed by atoms with van der Waals surface area (Å²) in [5, 5.41) is 1.09. The minimum absolute atomic E-state index is 0.295. The highest BCUT2D eigenvalue weighted by Crippen LogP contribution is 2.35. The van der Waals surface area contributed by atoms with Crippen LogP contribution in [0.15, 0.2) is 24.3 Å². The van der Waals surface area contributed by atoms with E-state index >= 15 is 0 Å². The Kier molecular flexibility index (Phi) is 3.35. The van der Waals surface area contributed by atoms with Crippen LogP contribution < -0.4 is 0 Å². The Labute approximate surface area is 95.2 Å². The Morgan fingerprint density at radius 1 is 1.21 bits per heavy atom. The normalized spacial score (nSPS) is 18.1. The van der Waals surface area contributed by atoms with E-state index in [9.17, 15) is 0 Å². The summed E-state index contributed by atoms with van der Waals surface area (Å²) in [6.45, 7) is 0. The maximum atomic E-state index is 6.26. The predicted octanol–water partition coefficient (Wildman–Crippen LogP) is 4.29. The molecule has 2 heteroatoms. The molecule has 0 amide bonds. The van der Waals surface area contributed by atoms with E-state index in [2.05, 4.69) is 12.1 Å². The van der Waals surface area contributed by atoms with Gasteiger partial charge in [0.15, 0.2) is 0 Å².